The van der Waals surface area contributed by atoms with Crippen molar-refractivity contribution in [1.82, 2.24) is 0 Å². The number of rotatable bonds is 4. The van der Waals surface area contributed by atoms with Crippen LogP contribution in [0.1, 0.15) is 52.2 Å². The highest BCUT2D eigenvalue weighted by Crippen LogP contribution is 2.42. The summed E-state index contributed by atoms with van der Waals surface area (Å²) < 4.78 is 7.60. The number of hydrogen-bond acceptors (Lipinski definition) is 2. The molecule has 1 saturated heterocycles. The molecule has 26 heavy (non-hydrogen) atoms. The summed E-state index contributed by atoms with van der Waals surface area (Å²) in [5.74, 6) is 0.197. The van der Waals surface area contributed by atoms with Gasteiger partial charge in [-0.2, -0.15) is 0 Å². The Morgan fingerprint density at radius 3 is 2.19 bits per heavy atom. The smallest absolute Gasteiger partial charge is 0.233 e. The Morgan fingerprint density at radius 2 is 1.73 bits per heavy atom. The van der Waals surface area contributed by atoms with Crippen molar-refractivity contribution in [3.8, 4) is 0 Å². The van der Waals surface area contributed by atoms with E-state index in [0.717, 1.165) is 27.7 Å². The van der Waals surface area contributed by atoms with Crippen LogP contribution in [0.15, 0.2) is 16.6 Å². The average Bonchev–Trinajstić information content (AvgIpc) is 2.71. The standard InChI is InChI=1S/C21H34BrNO2Si/c1-14-10-16(11-15(2)18(14)22)23-17(12-21(6,7)19(23)24)13-25-26(8,9)20(3,4)5/h10-11,17H,12-13H2,1-9H3/t17-/m1/s1. The first-order valence-electron chi connectivity index (χ1n) is 9.42. The lowest BCUT2D eigenvalue weighted by Gasteiger charge is -2.38. The first-order chi connectivity index (χ1) is 11.7. The van der Waals surface area contributed by atoms with Crippen LogP contribution in [0.25, 0.3) is 0 Å². The lowest BCUT2D eigenvalue weighted by atomic mass is 9.90. The molecule has 0 N–H and O–H groups in total. The van der Waals surface area contributed by atoms with Gasteiger partial charge in [-0.1, -0.05) is 50.5 Å². The fraction of sp³-hybridized carbons (Fsp3) is 0.667. The van der Waals surface area contributed by atoms with Gasteiger partial charge in [0.25, 0.3) is 0 Å². The summed E-state index contributed by atoms with van der Waals surface area (Å²) in [6.07, 6.45) is 0.828. The van der Waals surface area contributed by atoms with Gasteiger partial charge < -0.3 is 9.33 Å². The van der Waals surface area contributed by atoms with E-state index < -0.39 is 8.32 Å². The summed E-state index contributed by atoms with van der Waals surface area (Å²) in [7, 11) is -1.85. The molecule has 1 aliphatic rings. The SMILES string of the molecule is Cc1cc(N2C(=O)C(C)(C)C[C@@H]2CO[Si](C)(C)C(C)(C)C)cc(C)c1Br. The molecule has 3 nitrogen and oxygen atoms in total. The van der Waals surface area contributed by atoms with Gasteiger partial charge in [0.15, 0.2) is 8.32 Å². The Kier molecular flexibility index (Phi) is 5.88. The van der Waals surface area contributed by atoms with Gasteiger partial charge in [0, 0.05) is 15.6 Å². The van der Waals surface area contributed by atoms with Gasteiger partial charge in [-0.25, -0.2) is 0 Å². The number of anilines is 1. The molecular formula is C21H34BrNO2Si. The van der Waals surface area contributed by atoms with Gasteiger partial charge in [0.2, 0.25) is 5.91 Å². The van der Waals surface area contributed by atoms with E-state index in [1.54, 1.807) is 0 Å². The maximum absolute atomic E-state index is 13.1. The molecule has 1 amide bonds. The molecule has 1 atom stereocenters. The second-order valence-electron chi connectivity index (χ2n) is 9.88. The van der Waals surface area contributed by atoms with Gasteiger partial charge in [-0.15, -0.1) is 0 Å². The lowest BCUT2D eigenvalue weighted by Crippen LogP contribution is -2.45. The zero-order valence-corrected chi connectivity index (χ0v) is 20.4. The minimum atomic E-state index is -1.85. The van der Waals surface area contributed by atoms with Gasteiger partial charge in [-0.05, 0) is 61.7 Å². The predicted molar refractivity (Wildman–Crippen MR) is 116 cm³/mol. The quantitative estimate of drug-likeness (QED) is 0.520. The Morgan fingerprint density at radius 1 is 1.23 bits per heavy atom. The molecule has 1 aromatic rings. The topological polar surface area (TPSA) is 29.5 Å². The van der Waals surface area contributed by atoms with E-state index in [1.165, 1.54) is 0 Å². The Hall–Kier alpha value is -0.653. The van der Waals surface area contributed by atoms with Crippen molar-refractivity contribution in [3.63, 3.8) is 0 Å². The normalized spacial score (nSPS) is 20.8. The molecule has 2 rings (SSSR count). The van der Waals surface area contributed by atoms with Crippen molar-refractivity contribution >= 4 is 35.8 Å². The second-order valence-corrected chi connectivity index (χ2v) is 15.5. The number of nitrogens with zero attached hydrogens (tertiary/aromatic N) is 1. The largest absolute Gasteiger partial charge is 0.415 e. The van der Waals surface area contributed by atoms with Crippen LogP contribution < -0.4 is 4.90 Å². The molecule has 0 spiro atoms. The monoisotopic (exact) mass is 439 g/mol. The number of halogens is 1. The molecule has 0 aliphatic carbocycles. The maximum Gasteiger partial charge on any atom is 0.233 e. The fourth-order valence-corrected chi connectivity index (χ4v) is 4.58. The number of hydrogen-bond donors (Lipinski definition) is 0. The molecule has 5 heteroatoms. The number of amides is 1. The third-order valence-corrected chi connectivity index (χ3v) is 11.8. The first kappa shape index (κ1) is 21.6. The van der Waals surface area contributed by atoms with E-state index in [9.17, 15) is 4.79 Å². The third-order valence-electron chi connectivity index (χ3n) is 6.05. The molecular weight excluding hydrogens is 406 g/mol. The molecule has 0 saturated carbocycles. The molecule has 0 radical (unpaired) electrons. The molecule has 0 aromatic heterocycles. The summed E-state index contributed by atoms with van der Waals surface area (Å²) >= 11 is 3.63. The van der Waals surface area contributed by atoms with Crippen LogP contribution in [0.5, 0.6) is 0 Å². The second kappa shape index (κ2) is 7.06. The van der Waals surface area contributed by atoms with Gasteiger partial charge >= 0.3 is 0 Å². The molecule has 146 valence electrons. The van der Waals surface area contributed by atoms with Gasteiger partial charge in [-0.3, -0.25) is 4.79 Å². The predicted octanol–water partition coefficient (Wildman–Crippen LogP) is 6.22. The summed E-state index contributed by atoms with van der Waals surface area (Å²) in [5, 5.41) is 0.167. The fourth-order valence-electron chi connectivity index (χ4n) is 3.30. The zero-order chi connectivity index (χ0) is 20.1. The molecule has 1 fully saturated rings. The van der Waals surface area contributed by atoms with Gasteiger partial charge in [0.05, 0.1) is 12.6 Å². The number of carbonyl (C=O) groups excluding carboxylic acids is 1. The summed E-state index contributed by atoms with van der Waals surface area (Å²) in [4.78, 5) is 15.1. The minimum Gasteiger partial charge on any atom is -0.415 e. The number of benzene rings is 1. The van der Waals surface area contributed by atoms with E-state index in [2.05, 4.69) is 75.8 Å². The molecule has 0 bridgehead atoms. The van der Waals surface area contributed by atoms with E-state index in [-0.39, 0.29) is 22.4 Å². The van der Waals surface area contributed by atoms with Crippen molar-refractivity contribution in [2.45, 2.75) is 79.1 Å². The molecule has 1 heterocycles. The van der Waals surface area contributed by atoms with Crippen molar-refractivity contribution in [1.29, 1.82) is 0 Å². The summed E-state index contributed by atoms with van der Waals surface area (Å²) in [5.41, 5.74) is 2.95. The van der Waals surface area contributed by atoms with Gasteiger partial charge in [0.1, 0.15) is 0 Å². The zero-order valence-electron chi connectivity index (χ0n) is 17.8. The van der Waals surface area contributed by atoms with Crippen molar-refractivity contribution in [3.05, 3.63) is 27.7 Å². The maximum atomic E-state index is 13.1. The first-order valence-corrected chi connectivity index (χ1v) is 13.1. The summed E-state index contributed by atoms with van der Waals surface area (Å²) in [6, 6.07) is 4.30. The van der Waals surface area contributed by atoms with E-state index in [1.807, 2.05) is 18.7 Å². The van der Waals surface area contributed by atoms with Crippen LogP contribution >= 0.6 is 15.9 Å². The van der Waals surface area contributed by atoms with Crippen LogP contribution in [0.3, 0.4) is 0 Å². The summed E-state index contributed by atoms with van der Waals surface area (Å²) in [6.45, 7) is 20.2. The molecule has 1 aliphatic heterocycles. The van der Waals surface area contributed by atoms with Crippen LogP contribution in [0, 0.1) is 19.3 Å². The van der Waals surface area contributed by atoms with E-state index in [0.29, 0.717) is 6.61 Å². The third kappa shape index (κ3) is 4.10. The van der Waals surface area contributed by atoms with Crippen molar-refractivity contribution in [2.75, 3.05) is 11.5 Å². The number of aryl methyl sites for hydroxylation is 2. The highest BCUT2D eigenvalue weighted by Gasteiger charge is 2.47. The Balaban J connectivity index is 2.34. The highest BCUT2D eigenvalue weighted by atomic mass is 79.9. The Labute approximate surface area is 168 Å². The van der Waals surface area contributed by atoms with E-state index in [4.69, 9.17) is 4.43 Å². The minimum absolute atomic E-state index is 0.0894. The van der Waals surface area contributed by atoms with Crippen molar-refractivity contribution in [2.24, 2.45) is 5.41 Å². The van der Waals surface area contributed by atoms with E-state index >= 15 is 0 Å². The van der Waals surface area contributed by atoms with Crippen LogP contribution in [0.4, 0.5) is 5.69 Å². The highest BCUT2D eigenvalue weighted by molar-refractivity contribution is 9.10. The van der Waals surface area contributed by atoms with Crippen LogP contribution in [0.2, 0.25) is 18.1 Å². The van der Waals surface area contributed by atoms with Crippen molar-refractivity contribution < 1.29 is 9.22 Å². The lowest BCUT2D eigenvalue weighted by molar-refractivity contribution is -0.124. The van der Waals surface area contributed by atoms with Crippen LogP contribution in [-0.2, 0) is 9.22 Å². The van der Waals surface area contributed by atoms with Crippen LogP contribution in [-0.4, -0.2) is 26.9 Å². The Bertz CT molecular complexity index is 683. The average molecular weight is 440 g/mol. The number of carbonyl (C=O) groups is 1. The molecule has 0 unspecified atom stereocenters. The molecule has 1 aromatic carbocycles.